The zero-order chi connectivity index (χ0) is 14.5. The monoisotopic (exact) mass is 273 g/mol. The van der Waals surface area contributed by atoms with Crippen LogP contribution in [0, 0.1) is 0 Å². The Morgan fingerprint density at radius 1 is 1.35 bits per heavy atom. The normalized spacial score (nSPS) is 12.7. The highest BCUT2D eigenvalue weighted by atomic mass is 16.5. The zero-order valence-corrected chi connectivity index (χ0v) is 12.7. The Labute approximate surface area is 121 Å². The summed E-state index contributed by atoms with van der Waals surface area (Å²) in [5, 5.41) is 4.53. The van der Waals surface area contributed by atoms with Crippen LogP contribution in [0.3, 0.4) is 0 Å². The van der Waals surface area contributed by atoms with Crippen LogP contribution in [0.1, 0.15) is 31.1 Å². The van der Waals surface area contributed by atoms with Gasteiger partial charge in [0.1, 0.15) is 5.75 Å². The predicted molar refractivity (Wildman–Crippen MR) is 80.8 cm³/mol. The summed E-state index contributed by atoms with van der Waals surface area (Å²) >= 11 is 0. The quantitative estimate of drug-likeness (QED) is 0.810. The molecule has 0 fully saturated rings. The Kier molecular flexibility index (Phi) is 4.79. The Morgan fingerprint density at radius 3 is 2.80 bits per heavy atom. The number of aryl methyl sites for hydroxylation is 1. The highest BCUT2D eigenvalue weighted by Crippen LogP contribution is 2.23. The lowest BCUT2D eigenvalue weighted by molar-refractivity contribution is 0.249. The van der Waals surface area contributed by atoms with Crippen LogP contribution in [0.25, 0.3) is 0 Å². The van der Waals surface area contributed by atoms with Gasteiger partial charge in [-0.3, -0.25) is 9.58 Å². The molecule has 2 rings (SSSR count). The molecule has 0 aliphatic heterocycles. The maximum atomic E-state index is 5.29. The van der Waals surface area contributed by atoms with Crippen LogP contribution in [0.4, 0.5) is 0 Å². The van der Waals surface area contributed by atoms with E-state index in [2.05, 4.69) is 49.1 Å². The molecule has 0 aliphatic rings. The molecule has 0 bridgehead atoms. The van der Waals surface area contributed by atoms with Crippen molar-refractivity contribution >= 4 is 0 Å². The van der Waals surface area contributed by atoms with Gasteiger partial charge < -0.3 is 4.74 Å². The summed E-state index contributed by atoms with van der Waals surface area (Å²) in [6.45, 7) is 6.05. The van der Waals surface area contributed by atoms with E-state index in [1.807, 2.05) is 23.0 Å². The van der Waals surface area contributed by atoms with Gasteiger partial charge >= 0.3 is 0 Å². The first-order valence-corrected chi connectivity index (χ1v) is 7.00. The molecule has 20 heavy (non-hydrogen) atoms. The summed E-state index contributed by atoms with van der Waals surface area (Å²) in [6, 6.07) is 10.6. The maximum Gasteiger partial charge on any atom is 0.119 e. The SMILES string of the molecule is CCn1ccc(CN(C)C(C)c2cccc(OC)c2)n1. The van der Waals surface area contributed by atoms with Crippen LogP contribution < -0.4 is 4.74 Å². The molecule has 1 unspecified atom stereocenters. The molecule has 0 radical (unpaired) electrons. The van der Waals surface area contributed by atoms with Gasteiger partial charge in [-0.25, -0.2) is 0 Å². The number of rotatable bonds is 6. The number of nitrogens with zero attached hydrogens (tertiary/aromatic N) is 3. The van der Waals surface area contributed by atoms with E-state index in [9.17, 15) is 0 Å². The van der Waals surface area contributed by atoms with Gasteiger partial charge in [0.15, 0.2) is 0 Å². The Bertz CT molecular complexity index is 550. The van der Waals surface area contributed by atoms with E-state index < -0.39 is 0 Å². The van der Waals surface area contributed by atoms with E-state index in [1.54, 1.807) is 7.11 Å². The minimum atomic E-state index is 0.317. The first kappa shape index (κ1) is 14.6. The zero-order valence-electron chi connectivity index (χ0n) is 12.7. The summed E-state index contributed by atoms with van der Waals surface area (Å²) in [5.41, 5.74) is 2.35. The van der Waals surface area contributed by atoms with Crippen molar-refractivity contribution < 1.29 is 4.74 Å². The number of hydrogen-bond donors (Lipinski definition) is 0. The largest absolute Gasteiger partial charge is 0.497 e. The molecule has 108 valence electrons. The Hall–Kier alpha value is -1.81. The van der Waals surface area contributed by atoms with Crippen molar-refractivity contribution in [2.24, 2.45) is 0 Å². The van der Waals surface area contributed by atoms with Crippen LogP contribution in [-0.2, 0) is 13.1 Å². The molecule has 1 atom stereocenters. The molecule has 4 nitrogen and oxygen atoms in total. The van der Waals surface area contributed by atoms with Crippen molar-refractivity contribution in [1.29, 1.82) is 0 Å². The Morgan fingerprint density at radius 2 is 2.15 bits per heavy atom. The molecule has 2 aromatic rings. The van der Waals surface area contributed by atoms with Gasteiger partial charge in [0.2, 0.25) is 0 Å². The fraction of sp³-hybridized carbons (Fsp3) is 0.438. The molecule has 0 N–H and O–H groups in total. The van der Waals surface area contributed by atoms with Gasteiger partial charge in [0, 0.05) is 25.3 Å². The van der Waals surface area contributed by atoms with E-state index in [1.165, 1.54) is 5.56 Å². The molecule has 1 aromatic heterocycles. The van der Waals surface area contributed by atoms with E-state index in [0.717, 1.165) is 24.5 Å². The third-order valence-corrected chi connectivity index (χ3v) is 3.67. The number of ether oxygens (including phenoxy) is 1. The number of hydrogen-bond acceptors (Lipinski definition) is 3. The van der Waals surface area contributed by atoms with Gasteiger partial charge in [-0.15, -0.1) is 0 Å². The van der Waals surface area contributed by atoms with Crippen molar-refractivity contribution in [1.82, 2.24) is 14.7 Å². The number of aromatic nitrogens is 2. The van der Waals surface area contributed by atoms with Crippen LogP contribution in [0.15, 0.2) is 36.5 Å². The van der Waals surface area contributed by atoms with Crippen molar-refractivity contribution in [3.05, 3.63) is 47.8 Å². The average molecular weight is 273 g/mol. The second-order valence-electron chi connectivity index (χ2n) is 5.03. The number of benzene rings is 1. The van der Waals surface area contributed by atoms with Gasteiger partial charge in [-0.05, 0) is 44.7 Å². The minimum absolute atomic E-state index is 0.317. The molecule has 0 amide bonds. The minimum Gasteiger partial charge on any atom is -0.497 e. The van der Waals surface area contributed by atoms with Crippen molar-refractivity contribution in [3.63, 3.8) is 0 Å². The molecule has 0 spiro atoms. The maximum absolute atomic E-state index is 5.29. The highest BCUT2D eigenvalue weighted by molar-refractivity contribution is 5.30. The lowest BCUT2D eigenvalue weighted by atomic mass is 10.1. The van der Waals surface area contributed by atoms with Gasteiger partial charge in [0.05, 0.1) is 12.8 Å². The van der Waals surface area contributed by atoms with Crippen LogP contribution in [0.2, 0.25) is 0 Å². The van der Waals surface area contributed by atoms with Crippen molar-refractivity contribution in [2.75, 3.05) is 14.2 Å². The highest BCUT2D eigenvalue weighted by Gasteiger charge is 2.13. The topological polar surface area (TPSA) is 30.3 Å². The molecule has 4 heteroatoms. The van der Waals surface area contributed by atoms with Crippen LogP contribution in [-0.4, -0.2) is 28.8 Å². The second-order valence-corrected chi connectivity index (χ2v) is 5.03. The molecular formula is C16H23N3O. The molecule has 1 aromatic carbocycles. The third kappa shape index (κ3) is 3.39. The predicted octanol–water partition coefficient (Wildman–Crippen LogP) is 3.10. The fourth-order valence-corrected chi connectivity index (χ4v) is 2.21. The third-order valence-electron chi connectivity index (χ3n) is 3.67. The van der Waals surface area contributed by atoms with E-state index in [-0.39, 0.29) is 0 Å². The van der Waals surface area contributed by atoms with Crippen LogP contribution in [0.5, 0.6) is 5.75 Å². The van der Waals surface area contributed by atoms with Crippen molar-refractivity contribution in [2.45, 2.75) is 33.0 Å². The van der Waals surface area contributed by atoms with E-state index >= 15 is 0 Å². The van der Waals surface area contributed by atoms with Gasteiger partial charge in [-0.2, -0.15) is 5.10 Å². The first-order chi connectivity index (χ1) is 9.63. The Balaban J connectivity index is 2.05. The molecule has 0 saturated heterocycles. The summed E-state index contributed by atoms with van der Waals surface area (Å²) in [4.78, 5) is 2.29. The lowest BCUT2D eigenvalue weighted by Crippen LogP contribution is -2.22. The first-order valence-electron chi connectivity index (χ1n) is 7.00. The van der Waals surface area contributed by atoms with Gasteiger partial charge in [0.25, 0.3) is 0 Å². The summed E-state index contributed by atoms with van der Waals surface area (Å²) in [5.74, 6) is 0.901. The standard InChI is InChI=1S/C16H23N3O/c1-5-19-10-9-15(17-19)12-18(3)13(2)14-7-6-8-16(11-14)20-4/h6-11,13H,5,12H2,1-4H3. The average Bonchev–Trinajstić information content (AvgIpc) is 2.94. The van der Waals surface area contributed by atoms with E-state index in [4.69, 9.17) is 4.74 Å². The summed E-state index contributed by atoms with van der Waals surface area (Å²) in [6.07, 6.45) is 2.03. The molecule has 0 aliphatic carbocycles. The van der Waals surface area contributed by atoms with Crippen LogP contribution >= 0.6 is 0 Å². The lowest BCUT2D eigenvalue weighted by Gasteiger charge is -2.24. The van der Waals surface area contributed by atoms with Gasteiger partial charge in [-0.1, -0.05) is 12.1 Å². The summed E-state index contributed by atoms with van der Waals surface area (Å²) in [7, 11) is 3.82. The fourth-order valence-electron chi connectivity index (χ4n) is 2.21. The van der Waals surface area contributed by atoms with Crippen molar-refractivity contribution in [3.8, 4) is 5.75 Å². The number of methoxy groups -OCH3 is 1. The molecule has 1 heterocycles. The molecule has 0 saturated carbocycles. The summed E-state index contributed by atoms with van der Waals surface area (Å²) < 4.78 is 7.24. The smallest absolute Gasteiger partial charge is 0.119 e. The van der Waals surface area contributed by atoms with E-state index in [0.29, 0.717) is 6.04 Å². The second kappa shape index (κ2) is 6.57. The molecular weight excluding hydrogens is 250 g/mol.